The Hall–Kier alpha value is -2.20. The zero-order chi connectivity index (χ0) is 12.8. The van der Waals surface area contributed by atoms with Crippen molar-refractivity contribution in [3.05, 3.63) is 64.9 Å². The lowest BCUT2D eigenvalue weighted by atomic mass is 10.2. The van der Waals surface area contributed by atoms with Crippen LogP contribution in [0.25, 0.3) is 0 Å². The molecule has 0 atom stereocenters. The molecule has 90 valence electrons. The molecule has 4 nitrogen and oxygen atoms in total. The van der Waals surface area contributed by atoms with Gasteiger partial charge in [0.05, 0.1) is 6.21 Å². The van der Waals surface area contributed by atoms with E-state index in [1.807, 2.05) is 0 Å². The number of aromatic nitrogens is 1. The Labute approximate surface area is 109 Å². The number of nitrogens with zero attached hydrogens (tertiary/aromatic N) is 2. The third-order valence-corrected chi connectivity index (χ3v) is 2.44. The molecule has 0 radical (unpaired) electrons. The van der Waals surface area contributed by atoms with Gasteiger partial charge in [-0.25, -0.2) is 5.43 Å². The van der Waals surface area contributed by atoms with Crippen molar-refractivity contribution in [1.82, 2.24) is 10.4 Å². The fraction of sp³-hybridized carbons (Fsp3) is 0. The number of pyridine rings is 1. The highest BCUT2D eigenvalue weighted by atomic mass is 35.5. The van der Waals surface area contributed by atoms with Gasteiger partial charge >= 0.3 is 0 Å². The Kier molecular flexibility index (Phi) is 4.04. The van der Waals surface area contributed by atoms with Crippen molar-refractivity contribution < 1.29 is 4.79 Å². The van der Waals surface area contributed by atoms with Crippen molar-refractivity contribution in [3.63, 3.8) is 0 Å². The van der Waals surface area contributed by atoms with Gasteiger partial charge in [-0.05, 0) is 42.0 Å². The van der Waals surface area contributed by atoms with E-state index in [0.29, 0.717) is 10.6 Å². The van der Waals surface area contributed by atoms with Gasteiger partial charge < -0.3 is 0 Å². The molecule has 0 fully saturated rings. The first-order valence-corrected chi connectivity index (χ1v) is 5.62. The van der Waals surface area contributed by atoms with E-state index in [4.69, 9.17) is 11.6 Å². The largest absolute Gasteiger partial charge is 0.271 e. The van der Waals surface area contributed by atoms with Crippen LogP contribution in [0.4, 0.5) is 0 Å². The molecule has 2 rings (SSSR count). The third kappa shape index (κ3) is 3.40. The fourth-order valence-corrected chi connectivity index (χ4v) is 1.41. The summed E-state index contributed by atoms with van der Waals surface area (Å²) < 4.78 is 0. The first kappa shape index (κ1) is 12.3. The fourth-order valence-electron chi connectivity index (χ4n) is 1.28. The highest BCUT2D eigenvalue weighted by molar-refractivity contribution is 6.30. The maximum Gasteiger partial charge on any atom is 0.271 e. The van der Waals surface area contributed by atoms with Crippen LogP contribution >= 0.6 is 11.6 Å². The highest BCUT2D eigenvalue weighted by Crippen LogP contribution is 2.09. The number of amides is 1. The van der Waals surface area contributed by atoms with E-state index in [1.54, 1.807) is 55.0 Å². The summed E-state index contributed by atoms with van der Waals surface area (Å²) in [6.45, 7) is 0. The molecule has 0 aliphatic heterocycles. The number of carbonyl (C=O) groups excluding carboxylic acids is 1. The Morgan fingerprint density at radius 3 is 2.50 bits per heavy atom. The molecule has 1 amide bonds. The predicted octanol–water partition coefficient (Wildman–Crippen LogP) is 2.50. The molecule has 1 N–H and O–H groups in total. The average Bonchev–Trinajstić information content (AvgIpc) is 2.40. The van der Waals surface area contributed by atoms with Crippen LogP contribution in [0.3, 0.4) is 0 Å². The number of nitrogens with one attached hydrogen (secondary N) is 1. The van der Waals surface area contributed by atoms with Crippen LogP contribution in [0, 0.1) is 0 Å². The van der Waals surface area contributed by atoms with E-state index in [1.165, 1.54) is 0 Å². The first-order valence-electron chi connectivity index (χ1n) is 5.25. The van der Waals surface area contributed by atoms with Crippen molar-refractivity contribution in [2.75, 3.05) is 0 Å². The zero-order valence-electron chi connectivity index (χ0n) is 9.38. The van der Waals surface area contributed by atoms with E-state index < -0.39 is 0 Å². The van der Waals surface area contributed by atoms with Gasteiger partial charge in [-0.1, -0.05) is 11.6 Å². The zero-order valence-corrected chi connectivity index (χ0v) is 10.1. The summed E-state index contributed by atoms with van der Waals surface area (Å²) in [4.78, 5) is 15.5. The summed E-state index contributed by atoms with van der Waals surface area (Å²) in [7, 11) is 0. The van der Waals surface area contributed by atoms with Crippen LogP contribution in [0.5, 0.6) is 0 Å². The molecular weight excluding hydrogens is 250 g/mol. The van der Waals surface area contributed by atoms with Gasteiger partial charge in [0.25, 0.3) is 5.91 Å². The first-order chi connectivity index (χ1) is 8.75. The summed E-state index contributed by atoms with van der Waals surface area (Å²) in [5.41, 5.74) is 3.80. The Morgan fingerprint density at radius 2 is 1.83 bits per heavy atom. The van der Waals surface area contributed by atoms with E-state index in [9.17, 15) is 4.79 Å². The summed E-state index contributed by atoms with van der Waals surface area (Å²) in [5, 5.41) is 4.44. The minimum absolute atomic E-state index is 0.281. The topological polar surface area (TPSA) is 54.4 Å². The number of halogens is 1. The number of rotatable bonds is 3. The van der Waals surface area contributed by atoms with Gasteiger partial charge in [0, 0.05) is 23.0 Å². The molecule has 1 heterocycles. The Balaban J connectivity index is 1.96. The number of benzene rings is 1. The normalized spacial score (nSPS) is 10.5. The number of hydrogen-bond donors (Lipinski definition) is 1. The van der Waals surface area contributed by atoms with Gasteiger partial charge in [-0.3, -0.25) is 9.78 Å². The predicted molar refractivity (Wildman–Crippen MR) is 70.7 cm³/mol. The van der Waals surface area contributed by atoms with Crippen molar-refractivity contribution in [1.29, 1.82) is 0 Å². The highest BCUT2D eigenvalue weighted by Gasteiger charge is 2.02. The molecule has 1 aromatic carbocycles. The van der Waals surface area contributed by atoms with Crippen LogP contribution in [0.1, 0.15) is 15.9 Å². The van der Waals surface area contributed by atoms with Gasteiger partial charge in [0.2, 0.25) is 0 Å². The van der Waals surface area contributed by atoms with Crippen molar-refractivity contribution in [3.8, 4) is 0 Å². The second kappa shape index (κ2) is 5.93. The lowest BCUT2D eigenvalue weighted by Gasteiger charge is -1.99. The van der Waals surface area contributed by atoms with Gasteiger partial charge in [-0.15, -0.1) is 0 Å². The summed E-state index contributed by atoms with van der Waals surface area (Å²) in [5.74, 6) is -0.281. The Bertz CT molecular complexity index is 552. The molecule has 0 aliphatic carbocycles. The molecule has 18 heavy (non-hydrogen) atoms. The minimum Gasteiger partial charge on any atom is -0.267 e. The van der Waals surface area contributed by atoms with E-state index in [0.717, 1.165) is 5.56 Å². The average molecular weight is 260 g/mol. The van der Waals surface area contributed by atoms with Crippen molar-refractivity contribution in [2.24, 2.45) is 5.10 Å². The van der Waals surface area contributed by atoms with Crippen LogP contribution < -0.4 is 5.43 Å². The number of carbonyl (C=O) groups is 1. The molecule has 2 aromatic rings. The summed E-state index contributed by atoms with van der Waals surface area (Å²) >= 11 is 5.73. The molecule has 0 aliphatic rings. The molecular formula is C13H10ClN3O. The maximum absolute atomic E-state index is 11.7. The van der Waals surface area contributed by atoms with E-state index in [-0.39, 0.29) is 5.91 Å². The molecule has 0 saturated carbocycles. The lowest BCUT2D eigenvalue weighted by Crippen LogP contribution is -2.17. The summed E-state index contributed by atoms with van der Waals surface area (Å²) in [6, 6.07) is 10.2. The summed E-state index contributed by atoms with van der Waals surface area (Å²) in [6.07, 6.45) is 4.86. The van der Waals surface area contributed by atoms with Crippen LogP contribution in [-0.2, 0) is 0 Å². The smallest absolute Gasteiger partial charge is 0.267 e. The van der Waals surface area contributed by atoms with E-state index >= 15 is 0 Å². The van der Waals surface area contributed by atoms with Gasteiger partial charge in [-0.2, -0.15) is 5.10 Å². The second-order valence-corrected chi connectivity index (χ2v) is 3.92. The van der Waals surface area contributed by atoms with Crippen LogP contribution in [-0.4, -0.2) is 17.1 Å². The SMILES string of the molecule is O=C(NN=Cc1ccncc1)c1ccc(Cl)cc1. The molecule has 1 aromatic heterocycles. The Morgan fingerprint density at radius 1 is 1.17 bits per heavy atom. The lowest BCUT2D eigenvalue weighted by molar-refractivity contribution is 0.0955. The van der Waals surface area contributed by atoms with Crippen LogP contribution in [0.2, 0.25) is 5.02 Å². The van der Waals surface area contributed by atoms with Crippen molar-refractivity contribution in [2.45, 2.75) is 0 Å². The quantitative estimate of drug-likeness (QED) is 0.680. The molecule has 0 saturated heterocycles. The second-order valence-electron chi connectivity index (χ2n) is 3.49. The number of hydrazone groups is 1. The van der Waals surface area contributed by atoms with Gasteiger partial charge in [0.1, 0.15) is 0 Å². The standard InChI is InChI=1S/C13H10ClN3O/c14-12-3-1-11(2-4-12)13(18)17-16-9-10-5-7-15-8-6-10/h1-9H,(H,17,18). The third-order valence-electron chi connectivity index (χ3n) is 2.19. The van der Waals surface area contributed by atoms with Crippen LogP contribution in [0.15, 0.2) is 53.9 Å². The minimum atomic E-state index is -0.281. The van der Waals surface area contributed by atoms with Crippen molar-refractivity contribution >= 4 is 23.7 Å². The molecule has 0 unspecified atom stereocenters. The van der Waals surface area contributed by atoms with E-state index in [2.05, 4.69) is 15.5 Å². The molecule has 0 spiro atoms. The molecule has 5 heteroatoms. The number of hydrogen-bond acceptors (Lipinski definition) is 3. The van der Waals surface area contributed by atoms with Gasteiger partial charge in [0.15, 0.2) is 0 Å². The monoisotopic (exact) mass is 259 g/mol. The molecule has 0 bridgehead atoms. The maximum atomic E-state index is 11.7.